The summed E-state index contributed by atoms with van der Waals surface area (Å²) in [5, 5.41) is 3.78. The number of fused-ring (bicyclic) bond motifs is 2. The minimum atomic E-state index is -0.384. The van der Waals surface area contributed by atoms with E-state index in [9.17, 15) is 14.0 Å². The van der Waals surface area contributed by atoms with Crippen LogP contribution in [0.4, 0.5) is 9.52 Å². The van der Waals surface area contributed by atoms with Gasteiger partial charge in [0.2, 0.25) is 5.91 Å². The number of amides is 1. The van der Waals surface area contributed by atoms with Crippen molar-refractivity contribution in [2.24, 2.45) is 0 Å². The van der Waals surface area contributed by atoms with E-state index < -0.39 is 0 Å². The zero-order valence-electron chi connectivity index (χ0n) is 16.9. The van der Waals surface area contributed by atoms with E-state index in [1.165, 1.54) is 63.7 Å². The minimum absolute atomic E-state index is 0.0640. The Balaban J connectivity index is 1.39. The summed E-state index contributed by atoms with van der Waals surface area (Å²) in [5.74, 6) is 0.242. The molecule has 1 aliphatic heterocycles. The molecule has 0 saturated carbocycles. The molecule has 162 valence electrons. The van der Waals surface area contributed by atoms with Crippen LogP contribution in [0.1, 0.15) is 11.3 Å². The molecule has 0 spiro atoms. The molecule has 1 N–H and O–H groups in total. The number of hydrogen-bond acceptors (Lipinski definition) is 7. The van der Waals surface area contributed by atoms with E-state index in [2.05, 4.69) is 15.3 Å². The van der Waals surface area contributed by atoms with Crippen molar-refractivity contribution in [2.45, 2.75) is 23.4 Å². The summed E-state index contributed by atoms with van der Waals surface area (Å²) in [6.07, 6.45) is 0.713. The SMILES string of the molecule is Cc1ccc2nc(NC(=O)CSc3nc4c(c(=O)n3-c3ccc(F)cc3)SCC4)sc2c1. The number of aryl methyl sites for hydroxylation is 2. The van der Waals surface area contributed by atoms with Gasteiger partial charge in [-0.15, -0.1) is 11.8 Å². The van der Waals surface area contributed by atoms with Gasteiger partial charge in [-0.2, -0.15) is 0 Å². The van der Waals surface area contributed by atoms with Crippen molar-refractivity contribution in [2.75, 3.05) is 16.8 Å². The molecule has 0 fully saturated rings. The van der Waals surface area contributed by atoms with Gasteiger partial charge in [0.25, 0.3) is 5.56 Å². The van der Waals surface area contributed by atoms with Crippen LogP contribution in [0.3, 0.4) is 0 Å². The fourth-order valence-corrected chi connectivity index (χ4v) is 6.21. The number of benzene rings is 2. The van der Waals surface area contributed by atoms with Crippen molar-refractivity contribution in [3.05, 3.63) is 69.9 Å². The molecule has 1 amide bonds. The van der Waals surface area contributed by atoms with Crippen molar-refractivity contribution in [1.29, 1.82) is 0 Å². The van der Waals surface area contributed by atoms with Crippen molar-refractivity contribution in [3.63, 3.8) is 0 Å². The van der Waals surface area contributed by atoms with Gasteiger partial charge >= 0.3 is 0 Å². The van der Waals surface area contributed by atoms with Crippen LogP contribution in [-0.4, -0.2) is 31.9 Å². The molecule has 0 aliphatic carbocycles. The molecule has 0 unspecified atom stereocenters. The van der Waals surface area contributed by atoms with E-state index in [1.54, 1.807) is 0 Å². The second-order valence-electron chi connectivity index (χ2n) is 7.21. The van der Waals surface area contributed by atoms with E-state index in [-0.39, 0.29) is 23.0 Å². The van der Waals surface area contributed by atoms with Gasteiger partial charge in [0, 0.05) is 12.2 Å². The van der Waals surface area contributed by atoms with E-state index >= 15 is 0 Å². The van der Waals surface area contributed by atoms with E-state index in [4.69, 9.17) is 0 Å². The molecule has 5 rings (SSSR count). The van der Waals surface area contributed by atoms with Gasteiger partial charge in [0.05, 0.1) is 32.2 Å². The Labute approximate surface area is 195 Å². The first-order valence-corrected chi connectivity index (χ1v) is 12.6. The molecule has 0 radical (unpaired) electrons. The molecule has 6 nitrogen and oxygen atoms in total. The molecular formula is C22H17FN4O2S3. The molecule has 0 atom stereocenters. The average Bonchev–Trinajstić information content (AvgIpc) is 3.39. The van der Waals surface area contributed by atoms with E-state index in [0.717, 1.165) is 27.2 Å². The lowest BCUT2D eigenvalue weighted by Crippen LogP contribution is -2.24. The first kappa shape index (κ1) is 21.2. The number of anilines is 1. The van der Waals surface area contributed by atoms with Gasteiger partial charge in [-0.25, -0.2) is 14.4 Å². The third-order valence-electron chi connectivity index (χ3n) is 4.87. The number of thiazole rings is 1. The number of aromatic nitrogens is 3. The molecule has 10 heteroatoms. The highest BCUT2D eigenvalue weighted by molar-refractivity contribution is 8.00. The van der Waals surface area contributed by atoms with Crippen LogP contribution in [0, 0.1) is 12.7 Å². The smallest absolute Gasteiger partial charge is 0.272 e. The van der Waals surface area contributed by atoms with Crippen LogP contribution >= 0.6 is 34.9 Å². The van der Waals surface area contributed by atoms with Crippen LogP contribution in [0.25, 0.3) is 15.9 Å². The summed E-state index contributed by atoms with van der Waals surface area (Å²) in [4.78, 5) is 35.4. The lowest BCUT2D eigenvalue weighted by molar-refractivity contribution is -0.113. The highest BCUT2D eigenvalue weighted by atomic mass is 32.2. The number of halogens is 1. The standard InChI is InChI=1S/C22H17FN4O2S3/c1-12-2-7-15-17(10-12)32-21(24-15)26-18(28)11-31-22-25-16-8-9-30-19(16)20(29)27(22)14-5-3-13(23)4-6-14/h2-7,10H,8-9,11H2,1H3,(H,24,26,28). The highest BCUT2D eigenvalue weighted by Crippen LogP contribution is 2.30. The number of carbonyl (C=O) groups is 1. The summed E-state index contributed by atoms with van der Waals surface area (Å²) in [7, 11) is 0. The van der Waals surface area contributed by atoms with Gasteiger partial charge in [-0.3, -0.25) is 14.2 Å². The summed E-state index contributed by atoms with van der Waals surface area (Å²) in [6, 6.07) is 11.6. The monoisotopic (exact) mass is 484 g/mol. The van der Waals surface area contributed by atoms with Crippen molar-refractivity contribution in [1.82, 2.24) is 14.5 Å². The molecular weight excluding hydrogens is 467 g/mol. The molecule has 4 aromatic rings. The molecule has 1 aliphatic rings. The Morgan fingerprint density at radius 3 is 2.84 bits per heavy atom. The van der Waals surface area contributed by atoms with Gasteiger partial charge in [-0.1, -0.05) is 29.2 Å². The molecule has 32 heavy (non-hydrogen) atoms. The fourth-order valence-electron chi connectivity index (χ4n) is 3.38. The van der Waals surface area contributed by atoms with Gasteiger partial charge in [0.1, 0.15) is 5.82 Å². The van der Waals surface area contributed by atoms with Crippen molar-refractivity contribution < 1.29 is 9.18 Å². The molecule has 0 bridgehead atoms. The topological polar surface area (TPSA) is 76.9 Å². The van der Waals surface area contributed by atoms with Crippen LogP contribution in [0.15, 0.2) is 57.3 Å². The average molecular weight is 485 g/mol. The van der Waals surface area contributed by atoms with Crippen molar-refractivity contribution >= 4 is 56.1 Å². The van der Waals surface area contributed by atoms with Gasteiger partial charge in [-0.05, 0) is 48.9 Å². The van der Waals surface area contributed by atoms with Crippen LogP contribution < -0.4 is 10.9 Å². The second-order valence-corrected chi connectivity index (χ2v) is 10.3. The summed E-state index contributed by atoms with van der Waals surface area (Å²) < 4.78 is 15.9. The third-order valence-corrected chi connectivity index (χ3v) is 7.85. The van der Waals surface area contributed by atoms with Crippen LogP contribution in [0.2, 0.25) is 0 Å². The number of carbonyl (C=O) groups excluding carboxylic acids is 1. The predicted octanol–water partition coefficient (Wildman–Crippen LogP) is 4.67. The molecule has 0 saturated heterocycles. The maximum absolute atomic E-state index is 13.4. The summed E-state index contributed by atoms with van der Waals surface area (Å²) >= 11 is 4.08. The number of nitrogens with zero attached hydrogens (tertiary/aromatic N) is 3. The second kappa shape index (κ2) is 8.68. The molecule has 3 heterocycles. The first-order chi connectivity index (χ1) is 15.5. The maximum atomic E-state index is 13.4. The molecule has 2 aromatic carbocycles. The Bertz CT molecular complexity index is 1400. The van der Waals surface area contributed by atoms with Crippen LogP contribution in [-0.2, 0) is 11.2 Å². The number of nitrogens with one attached hydrogen (secondary N) is 1. The van der Waals surface area contributed by atoms with Gasteiger partial charge < -0.3 is 5.32 Å². The number of hydrogen-bond donors (Lipinski definition) is 1. The highest BCUT2D eigenvalue weighted by Gasteiger charge is 2.23. The predicted molar refractivity (Wildman–Crippen MR) is 128 cm³/mol. The largest absolute Gasteiger partial charge is 0.301 e. The minimum Gasteiger partial charge on any atom is -0.301 e. The van der Waals surface area contributed by atoms with E-state index in [1.807, 2.05) is 25.1 Å². The lowest BCUT2D eigenvalue weighted by atomic mass is 10.2. The summed E-state index contributed by atoms with van der Waals surface area (Å²) in [6.45, 7) is 2.01. The van der Waals surface area contributed by atoms with Crippen molar-refractivity contribution in [3.8, 4) is 5.69 Å². The Hall–Kier alpha value is -2.69. The Kier molecular flexibility index (Phi) is 5.75. The lowest BCUT2D eigenvalue weighted by Gasteiger charge is -2.13. The Morgan fingerprint density at radius 2 is 2.03 bits per heavy atom. The Morgan fingerprint density at radius 1 is 1.22 bits per heavy atom. The first-order valence-electron chi connectivity index (χ1n) is 9.82. The zero-order chi connectivity index (χ0) is 22.2. The van der Waals surface area contributed by atoms with Crippen LogP contribution in [0.5, 0.6) is 0 Å². The fraction of sp³-hybridized carbons (Fsp3) is 0.182. The van der Waals surface area contributed by atoms with E-state index in [0.29, 0.717) is 27.3 Å². The zero-order valence-corrected chi connectivity index (χ0v) is 19.4. The third kappa shape index (κ3) is 4.17. The van der Waals surface area contributed by atoms with Gasteiger partial charge in [0.15, 0.2) is 10.3 Å². The molecule has 2 aromatic heterocycles. The number of rotatable bonds is 5. The normalized spacial score (nSPS) is 12.8. The maximum Gasteiger partial charge on any atom is 0.272 e. The number of thioether (sulfide) groups is 2. The summed E-state index contributed by atoms with van der Waals surface area (Å²) in [5.41, 5.74) is 3.06. The quantitative estimate of drug-likeness (QED) is 0.328.